The minimum Gasteiger partial charge on any atom is -0.394 e. The molecule has 0 aliphatic carbocycles. The Bertz CT molecular complexity index is 519. The SMILES string of the molecule is CO[C@H]1C(O)C(O)[C@@H](OC2[C@@H](O)C(CO)O[C@@H](C)[C@@H]2NC(C)=O)O[C@@H]1C=O. The summed E-state index contributed by atoms with van der Waals surface area (Å²) in [7, 11) is 1.25. The van der Waals surface area contributed by atoms with Crippen molar-refractivity contribution < 1.29 is 49.0 Å². The Hall–Kier alpha value is -1.18. The van der Waals surface area contributed by atoms with E-state index in [4.69, 9.17) is 18.9 Å². The van der Waals surface area contributed by atoms with E-state index in [1.165, 1.54) is 14.0 Å². The lowest BCUT2D eigenvalue weighted by molar-refractivity contribution is -0.323. The number of nitrogens with one attached hydrogen (secondary N) is 1. The Labute approximate surface area is 156 Å². The number of amides is 1. The molecule has 11 heteroatoms. The van der Waals surface area contributed by atoms with Crippen molar-refractivity contribution in [2.45, 2.75) is 75.0 Å². The number of aliphatic hydroxyl groups is 4. The molecular formula is C16H27NO10. The molecule has 0 spiro atoms. The smallest absolute Gasteiger partial charge is 0.217 e. The standard InChI is InChI=1S/C16H27NO10/c1-6-10(17-7(2)20)15(11(21)8(4-18)25-6)27-16-13(23)12(22)14(24-3)9(5-19)26-16/h5-6,8-16,18,21-23H,4H2,1-3H3,(H,17,20)/t6-,8?,9+,10-,11-,12?,13?,14+,15?,16+/m0/s1. The van der Waals surface area contributed by atoms with Crippen LogP contribution in [0.1, 0.15) is 13.8 Å². The lowest BCUT2D eigenvalue weighted by Crippen LogP contribution is -2.67. The van der Waals surface area contributed by atoms with Crippen molar-refractivity contribution in [1.82, 2.24) is 5.32 Å². The van der Waals surface area contributed by atoms with Gasteiger partial charge in [0.2, 0.25) is 5.91 Å². The molecule has 11 nitrogen and oxygen atoms in total. The molecule has 2 rings (SSSR count). The van der Waals surface area contributed by atoms with Gasteiger partial charge in [-0.3, -0.25) is 4.79 Å². The fourth-order valence-electron chi connectivity index (χ4n) is 3.40. The van der Waals surface area contributed by atoms with Crippen LogP contribution in [0.4, 0.5) is 0 Å². The summed E-state index contributed by atoms with van der Waals surface area (Å²) in [5.41, 5.74) is 0. The van der Waals surface area contributed by atoms with Crippen molar-refractivity contribution >= 4 is 12.2 Å². The van der Waals surface area contributed by atoms with Crippen LogP contribution in [0.25, 0.3) is 0 Å². The second-order valence-electron chi connectivity index (χ2n) is 6.67. The van der Waals surface area contributed by atoms with Crippen LogP contribution >= 0.6 is 0 Å². The largest absolute Gasteiger partial charge is 0.394 e. The zero-order chi connectivity index (χ0) is 20.3. The van der Waals surface area contributed by atoms with Crippen LogP contribution in [0.15, 0.2) is 0 Å². The second-order valence-corrected chi connectivity index (χ2v) is 6.67. The third kappa shape index (κ3) is 4.63. The number of hydrogen-bond donors (Lipinski definition) is 5. The Morgan fingerprint density at radius 1 is 1.15 bits per heavy atom. The molecule has 0 aromatic rings. The third-order valence-corrected chi connectivity index (χ3v) is 4.79. The summed E-state index contributed by atoms with van der Waals surface area (Å²) in [6.45, 7) is 2.39. The molecule has 4 unspecified atom stereocenters. The van der Waals surface area contributed by atoms with Crippen LogP contribution < -0.4 is 5.32 Å². The number of ether oxygens (including phenoxy) is 4. The van der Waals surface area contributed by atoms with Crippen molar-refractivity contribution in [2.75, 3.05) is 13.7 Å². The van der Waals surface area contributed by atoms with Gasteiger partial charge < -0.3 is 49.5 Å². The van der Waals surface area contributed by atoms with E-state index in [-0.39, 0.29) is 0 Å². The summed E-state index contributed by atoms with van der Waals surface area (Å²) in [4.78, 5) is 22.7. The van der Waals surface area contributed by atoms with Crippen LogP contribution in [0.5, 0.6) is 0 Å². The van der Waals surface area contributed by atoms with Gasteiger partial charge in [0.15, 0.2) is 12.6 Å². The quantitative estimate of drug-likeness (QED) is 0.288. The van der Waals surface area contributed by atoms with Gasteiger partial charge in [-0.05, 0) is 6.92 Å². The number of aliphatic hydroxyl groups excluding tert-OH is 4. The average molecular weight is 393 g/mol. The van der Waals surface area contributed by atoms with E-state index in [1.807, 2.05) is 0 Å². The third-order valence-electron chi connectivity index (χ3n) is 4.79. The van der Waals surface area contributed by atoms with E-state index < -0.39 is 73.7 Å². The van der Waals surface area contributed by atoms with Crippen LogP contribution in [-0.4, -0.2) is 107 Å². The first-order valence-electron chi connectivity index (χ1n) is 8.61. The van der Waals surface area contributed by atoms with Gasteiger partial charge in [-0.1, -0.05) is 0 Å². The van der Waals surface area contributed by atoms with E-state index in [0.717, 1.165) is 0 Å². The van der Waals surface area contributed by atoms with Crippen LogP contribution in [0, 0.1) is 0 Å². The Morgan fingerprint density at radius 3 is 2.33 bits per heavy atom. The number of hydrogen-bond acceptors (Lipinski definition) is 10. The first kappa shape index (κ1) is 22.1. The monoisotopic (exact) mass is 393 g/mol. The van der Waals surface area contributed by atoms with Crippen molar-refractivity contribution in [3.05, 3.63) is 0 Å². The number of aldehydes is 1. The van der Waals surface area contributed by atoms with Crippen molar-refractivity contribution in [1.29, 1.82) is 0 Å². The topological polar surface area (TPSA) is 164 Å². The van der Waals surface area contributed by atoms with Crippen molar-refractivity contribution in [3.63, 3.8) is 0 Å². The van der Waals surface area contributed by atoms with Gasteiger partial charge in [0.1, 0.15) is 42.7 Å². The highest BCUT2D eigenvalue weighted by Gasteiger charge is 2.50. The van der Waals surface area contributed by atoms with E-state index in [0.29, 0.717) is 6.29 Å². The van der Waals surface area contributed by atoms with E-state index >= 15 is 0 Å². The van der Waals surface area contributed by atoms with Gasteiger partial charge in [0.05, 0.1) is 18.8 Å². The maximum Gasteiger partial charge on any atom is 0.217 e. The number of carbonyl (C=O) groups is 2. The molecular weight excluding hydrogens is 366 g/mol. The summed E-state index contributed by atoms with van der Waals surface area (Å²) in [6.07, 6.45) is -10.6. The summed E-state index contributed by atoms with van der Waals surface area (Å²) >= 11 is 0. The predicted molar refractivity (Wildman–Crippen MR) is 87.4 cm³/mol. The molecule has 0 bridgehead atoms. The van der Waals surface area contributed by atoms with Crippen molar-refractivity contribution in [2.24, 2.45) is 0 Å². The van der Waals surface area contributed by atoms with Crippen molar-refractivity contribution in [3.8, 4) is 0 Å². The van der Waals surface area contributed by atoms with E-state index in [1.54, 1.807) is 6.92 Å². The fourth-order valence-corrected chi connectivity index (χ4v) is 3.40. The molecule has 27 heavy (non-hydrogen) atoms. The maximum atomic E-state index is 11.5. The highest BCUT2D eigenvalue weighted by molar-refractivity contribution is 5.73. The molecule has 10 atom stereocenters. The zero-order valence-electron chi connectivity index (χ0n) is 15.3. The Kier molecular flexibility index (Phi) is 7.65. The molecule has 1 amide bonds. The van der Waals surface area contributed by atoms with Gasteiger partial charge in [0.25, 0.3) is 0 Å². The molecule has 0 aromatic carbocycles. The first-order valence-corrected chi connectivity index (χ1v) is 8.61. The first-order chi connectivity index (χ1) is 12.7. The second kappa shape index (κ2) is 9.34. The Balaban J connectivity index is 2.23. The molecule has 0 radical (unpaired) electrons. The normalized spacial score (nSPS) is 45.3. The molecule has 2 aliphatic heterocycles. The molecule has 0 saturated carbocycles. The zero-order valence-corrected chi connectivity index (χ0v) is 15.3. The molecule has 2 heterocycles. The van der Waals surface area contributed by atoms with Gasteiger partial charge in [-0.15, -0.1) is 0 Å². The van der Waals surface area contributed by atoms with E-state index in [9.17, 15) is 30.0 Å². The van der Waals surface area contributed by atoms with E-state index in [2.05, 4.69) is 5.32 Å². The number of methoxy groups -OCH3 is 1. The predicted octanol–water partition coefficient (Wildman–Crippen LogP) is -3.32. The molecule has 0 aromatic heterocycles. The summed E-state index contributed by atoms with van der Waals surface area (Å²) in [5, 5.41) is 42.9. The van der Waals surface area contributed by atoms with Gasteiger partial charge in [0, 0.05) is 14.0 Å². The highest BCUT2D eigenvalue weighted by Crippen LogP contribution is 2.29. The fraction of sp³-hybridized carbons (Fsp3) is 0.875. The minimum atomic E-state index is -1.58. The molecule has 156 valence electrons. The van der Waals surface area contributed by atoms with Gasteiger partial charge >= 0.3 is 0 Å². The minimum absolute atomic E-state index is 0.407. The number of rotatable bonds is 6. The molecule has 2 aliphatic rings. The lowest BCUT2D eigenvalue weighted by atomic mass is 9.92. The lowest BCUT2D eigenvalue weighted by Gasteiger charge is -2.47. The Morgan fingerprint density at radius 2 is 1.81 bits per heavy atom. The average Bonchev–Trinajstić information content (AvgIpc) is 2.63. The molecule has 5 N–H and O–H groups in total. The van der Waals surface area contributed by atoms with Gasteiger partial charge in [-0.2, -0.15) is 0 Å². The summed E-state index contributed by atoms with van der Waals surface area (Å²) in [5.74, 6) is -0.408. The van der Waals surface area contributed by atoms with Crippen LogP contribution in [0.2, 0.25) is 0 Å². The summed E-state index contributed by atoms with van der Waals surface area (Å²) < 4.78 is 21.5. The molecule has 2 fully saturated rings. The molecule has 2 saturated heterocycles. The maximum absolute atomic E-state index is 11.5. The van der Waals surface area contributed by atoms with Crippen LogP contribution in [0.3, 0.4) is 0 Å². The van der Waals surface area contributed by atoms with Crippen LogP contribution in [-0.2, 0) is 28.5 Å². The number of carbonyl (C=O) groups excluding carboxylic acids is 2. The van der Waals surface area contributed by atoms with Gasteiger partial charge in [-0.25, -0.2) is 0 Å². The highest BCUT2D eigenvalue weighted by atomic mass is 16.7. The summed E-state index contributed by atoms with van der Waals surface area (Å²) in [6, 6.07) is -0.830.